The second kappa shape index (κ2) is 3.92. The first-order chi connectivity index (χ1) is 8.72. The molecular weight excluding hydrogens is 224 g/mol. The molecule has 0 aliphatic carbocycles. The van der Waals surface area contributed by atoms with Crippen LogP contribution in [0, 0.1) is 11.3 Å². The van der Waals surface area contributed by atoms with Gasteiger partial charge in [0, 0.05) is 12.4 Å². The number of rotatable bonds is 0. The fourth-order valence-corrected chi connectivity index (χ4v) is 2.47. The van der Waals surface area contributed by atoms with E-state index in [1.807, 2.05) is 38.2 Å². The SMILES string of the molecule is CC1C(C#N)Oc2ccc3ccccc3c2N1C. The minimum absolute atomic E-state index is 0.0494. The van der Waals surface area contributed by atoms with Crippen molar-refractivity contribution in [3.05, 3.63) is 36.4 Å². The van der Waals surface area contributed by atoms with Gasteiger partial charge in [0.2, 0.25) is 6.10 Å². The molecule has 2 atom stereocenters. The molecular formula is C15H14N2O. The lowest BCUT2D eigenvalue weighted by atomic mass is 10.0. The van der Waals surface area contributed by atoms with Gasteiger partial charge < -0.3 is 9.64 Å². The number of benzene rings is 2. The summed E-state index contributed by atoms with van der Waals surface area (Å²) in [7, 11) is 2.02. The van der Waals surface area contributed by atoms with Crippen LogP contribution in [0.4, 0.5) is 5.69 Å². The van der Waals surface area contributed by atoms with Gasteiger partial charge in [-0.3, -0.25) is 0 Å². The van der Waals surface area contributed by atoms with Gasteiger partial charge in [0.1, 0.15) is 11.8 Å². The van der Waals surface area contributed by atoms with Crippen molar-refractivity contribution < 1.29 is 4.74 Å². The van der Waals surface area contributed by atoms with Gasteiger partial charge in [-0.2, -0.15) is 5.26 Å². The molecule has 1 aliphatic heterocycles. The van der Waals surface area contributed by atoms with E-state index in [4.69, 9.17) is 10.00 Å². The third-order valence-electron chi connectivity index (χ3n) is 3.65. The topological polar surface area (TPSA) is 36.3 Å². The number of nitriles is 1. The van der Waals surface area contributed by atoms with Crippen LogP contribution in [0.25, 0.3) is 10.8 Å². The van der Waals surface area contributed by atoms with Crippen LogP contribution in [-0.2, 0) is 0 Å². The molecule has 3 heteroatoms. The van der Waals surface area contributed by atoms with Crippen LogP contribution in [0.5, 0.6) is 5.75 Å². The number of likely N-dealkylation sites (N-methyl/N-ethyl adjacent to an activating group) is 1. The molecule has 2 aromatic rings. The highest BCUT2D eigenvalue weighted by molar-refractivity contribution is 5.97. The van der Waals surface area contributed by atoms with Crippen molar-refractivity contribution in [2.45, 2.75) is 19.1 Å². The Kier molecular flexibility index (Phi) is 2.38. The van der Waals surface area contributed by atoms with Crippen molar-refractivity contribution in [2.24, 2.45) is 0 Å². The zero-order valence-corrected chi connectivity index (χ0v) is 10.4. The lowest BCUT2D eigenvalue weighted by Crippen LogP contribution is -2.45. The van der Waals surface area contributed by atoms with Crippen LogP contribution < -0.4 is 9.64 Å². The lowest BCUT2D eigenvalue weighted by molar-refractivity contribution is 0.212. The Morgan fingerprint density at radius 1 is 1.22 bits per heavy atom. The Morgan fingerprint density at radius 3 is 2.78 bits per heavy atom. The largest absolute Gasteiger partial charge is 0.471 e. The lowest BCUT2D eigenvalue weighted by Gasteiger charge is -2.37. The normalized spacial score (nSPS) is 22.2. The standard InChI is InChI=1S/C15H14N2O/c1-10-14(9-16)18-13-8-7-11-5-3-4-6-12(11)15(13)17(10)2/h3-8,10,14H,1-2H3. The first-order valence-electron chi connectivity index (χ1n) is 6.03. The molecule has 3 nitrogen and oxygen atoms in total. The first-order valence-corrected chi connectivity index (χ1v) is 6.03. The molecule has 18 heavy (non-hydrogen) atoms. The van der Waals surface area contributed by atoms with E-state index in [2.05, 4.69) is 23.1 Å². The Bertz CT molecular complexity index is 644. The van der Waals surface area contributed by atoms with Gasteiger partial charge in [0.15, 0.2) is 0 Å². The van der Waals surface area contributed by atoms with Gasteiger partial charge in [-0.1, -0.05) is 30.3 Å². The third-order valence-corrected chi connectivity index (χ3v) is 3.65. The number of nitrogens with zero attached hydrogens (tertiary/aromatic N) is 2. The van der Waals surface area contributed by atoms with E-state index in [-0.39, 0.29) is 6.04 Å². The van der Waals surface area contributed by atoms with Crippen molar-refractivity contribution >= 4 is 16.5 Å². The number of fused-ring (bicyclic) bond motifs is 3. The second-order valence-electron chi connectivity index (χ2n) is 4.65. The number of anilines is 1. The summed E-state index contributed by atoms with van der Waals surface area (Å²) in [5.74, 6) is 0.792. The molecule has 0 spiro atoms. The molecule has 0 bridgehead atoms. The first kappa shape index (κ1) is 10.9. The summed E-state index contributed by atoms with van der Waals surface area (Å²) < 4.78 is 5.77. The molecule has 0 amide bonds. The van der Waals surface area contributed by atoms with E-state index >= 15 is 0 Å². The molecule has 1 heterocycles. The van der Waals surface area contributed by atoms with Gasteiger partial charge >= 0.3 is 0 Å². The van der Waals surface area contributed by atoms with Crippen LogP contribution in [0.1, 0.15) is 6.92 Å². The maximum atomic E-state index is 9.12. The fraction of sp³-hybridized carbons (Fsp3) is 0.267. The number of hydrogen-bond acceptors (Lipinski definition) is 3. The van der Waals surface area contributed by atoms with Crippen LogP contribution in [0.15, 0.2) is 36.4 Å². The molecule has 0 saturated carbocycles. The van der Waals surface area contributed by atoms with Crippen molar-refractivity contribution in [3.63, 3.8) is 0 Å². The zero-order valence-electron chi connectivity index (χ0n) is 10.4. The van der Waals surface area contributed by atoms with E-state index < -0.39 is 6.10 Å². The van der Waals surface area contributed by atoms with E-state index in [1.165, 1.54) is 10.8 Å². The van der Waals surface area contributed by atoms with Gasteiger partial charge in [0.25, 0.3) is 0 Å². The molecule has 2 unspecified atom stereocenters. The van der Waals surface area contributed by atoms with Crippen molar-refractivity contribution in [2.75, 3.05) is 11.9 Å². The van der Waals surface area contributed by atoms with Gasteiger partial charge in [0.05, 0.1) is 11.7 Å². The van der Waals surface area contributed by atoms with Crippen LogP contribution >= 0.6 is 0 Å². The van der Waals surface area contributed by atoms with Crippen molar-refractivity contribution in [1.29, 1.82) is 5.26 Å². The van der Waals surface area contributed by atoms with Crippen LogP contribution in [0.2, 0.25) is 0 Å². The van der Waals surface area contributed by atoms with Gasteiger partial charge in [-0.15, -0.1) is 0 Å². The van der Waals surface area contributed by atoms with Crippen molar-refractivity contribution in [3.8, 4) is 11.8 Å². The molecule has 1 aliphatic rings. The minimum atomic E-state index is -0.413. The fourth-order valence-electron chi connectivity index (χ4n) is 2.47. The predicted octanol–water partition coefficient (Wildman–Crippen LogP) is 2.95. The summed E-state index contributed by atoms with van der Waals surface area (Å²) in [6.45, 7) is 2.01. The zero-order chi connectivity index (χ0) is 12.7. The molecule has 0 radical (unpaired) electrons. The number of hydrogen-bond donors (Lipinski definition) is 0. The Balaban J connectivity index is 2.26. The van der Waals surface area contributed by atoms with Gasteiger partial charge in [-0.05, 0) is 18.4 Å². The summed E-state index contributed by atoms with van der Waals surface area (Å²) in [6.07, 6.45) is -0.413. The average molecular weight is 238 g/mol. The van der Waals surface area contributed by atoms with Crippen LogP contribution in [-0.4, -0.2) is 19.2 Å². The maximum Gasteiger partial charge on any atom is 0.204 e. The monoisotopic (exact) mass is 238 g/mol. The van der Waals surface area contributed by atoms with E-state index in [0.717, 1.165) is 11.4 Å². The summed E-state index contributed by atoms with van der Waals surface area (Å²) in [5.41, 5.74) is 1.08. The van der Waals surface area contributed by atoms with E-state index in [0.29, 0.717) is 0 Å². The van der Waals surface area contributed by atoms with E-state index in [1.54, 1.807) is 0 Å². The highest BCUT2D eigenvalue weighted by Gasteiger charge is 2.31. The predicted molar refractivity (Wildman–Crippen MR) is 71.8 cm³/mol. The Labute approximate surface area is 106 Å². The van der Waals surface area contributed by atoms with Gasteiger partial charge in [-0.25, -0.2) is 0 Å². The molecule has 0 fully saturated rings. The summed E-state index contributed by atoms with van der Waals surface area (Å²) in [4.78, 5) is 2.13. The highest BCUT2D eigenvalue weighted by Crippen LogP contribution is 2.40. The molecule has 0 aromatic heterocycles. The molecule has 2 aromatic carbocycles. The Hall–Kier alpha value is -2.21. The summed E-state index contributed by atoms with van der Waals surface area (Å²) >= 11 is 0. The minimum Gasteiger partial charge on any atom is -0.471 e. The third kappa shape index (κ3) is 1.42. The van der Waals surface area contributed by atoms with Crippen LogP contribution in [0.3, 0.4) is 0 Å². The maximum absolute atomic E-state index is 9.12. The summed E-state index contributed by atoms with van der Waals surface area (Å²) in [5, 5.41) is 11.5. The quantitative estimate of drug-likeness (QED) is 0.708. The van der Waals surface area contributed by atoms with Crippen molar-refractivity contribution in [1.82, 2.24) is 0 Å². The Morgan fingerprint density at radius 2 is 2.00 bits per heavy atom. The van der Waals surface area contributed by atoms with E-state index in [9.17, 15) is 0 Å². The smallest absolute Gasteiger partial charge is 0.204 e. The molecule has 90 valence electrons. The molecule has 0 saturated heterocycles. The molecule has 3 rings (SSSR count). The second-order valence-corrected chi connectivity index (χ2v) is 4.65. The summed E-state index contributed by atoms with van der Waals surface area (Å²) in [6, 6.07) is 14.5. The molecule has 0 N–H and O–H groups in total. The average Bonchev–Trinajstić information content (AvgIpc) is 2.42. The number of ether oxygens (including phenoxy) is 1. The highest BCUT2D eigenvalue weighted by atomic mass is 16.5.